The Bertz CT molecular complexity index is 291. The first-order chi connectivity index (χ1) is 12.2. The second-order valence-electron chi connectivity index (χ2n) is 6.45. The number of rotatable bonds is 19. The van der Waals surface area contributed by atoms with Crippen molar-refractivity contribution in [3.63, 3.8) is 0 Å². The van der Waals surface area contributed by atoms with E-state index in [1.165, 1.54) is 0 Å². The number of carbonyl (C=O) groups is 1. The normalized spacial score (nSPS) is 11.0. The fourth-order valence-electron chi connectivity index (χ4n) is 2.54. The van der Waals surface area contributed by atoms with E-state index >= 15 is 0 Å². The zero-order valence-electron chi connectivity index (χ0n) is 16.3. The Labute approximate surface area is 154 Å². The molecule has 0 atom stereocenters. The first-order valence-electron chi connectivity index (χ1n) is 10.00. The van der Waals surface area contributed by atoms with Crippen molar-refractivity contribution in [2.75, 3.05) is 65.4 Å². The van der Waals surface area contributed by atoms with Crippen molar-refractivity contribution in [1.82, 2.24) is 20.9 Å². The number of amides is 1. The van der Waals surface area contributed by atoms with Crippen molar-refractivity contribution in [2.45, 2.75) is 45.4 Å². The van der Waals surface area contributed by atoms with E-state index in [2.05, 4.69) is 16.0 Å². The molecule has 7 nitrogen and oxygen atoms in total. The van der Waals surface area contributed by atoms with Gasteiger partial charge in [0.05, 0.1) is 0 Å². The Kier molecular flexibility index (Phi) is 19.0. The van der Waals surface area contributed by atoms with E-state index in [9.17, 15) is 4.79 Å². The number of hydrogen-bond donors (Lipinski definition) is 5. The molecule has 0 unspecified atom stereocenters. The fraction of sp³-hybridized carbons (Fsp3) is 0.944. The number of unbranched alkanes of at least 4 members (excludes halogenated alkanes) is 1. The fourth-order valence-corrected chi connectivity index (χ4v) is 2.54. The Morgan fingerprint density at radius 2 is 1.12 bits per heavy atom. The lowest BCUT2D eigenvalue weighted by Crippen LogP contribution is -2.33. The van der Waals surface area contributed by atoms with Gasteiger partial charge in [0, 0.05) is 20.0 Å². The van der Waals surface area contributed by atoms with Gasteiger partial charge < -0.3 is 32.3 Å². The third kappa shape index (κ3) is 17.9. The topological polar surface area (TPSA) is 108 Å². The molecule has 0 heterocycles. The molecule has 0 aromatic rings. The van der Waals surface area contributed by atoms with Crippen LogP contribution in [0.1, 0.15) is 45.4 Å². The minimum Gasteiger partial charge on any atom is -0.343 e. The van der Waals surface area contributed by atoms with E-state index < -0.39 is 0 Å². The summed E-state index contributed by atoms with van der Waals surface area (Å²) in [5, 5.41) is 10.2. The largest absolute Gasteiger partial charge is 0.343 e. The molecule has 7 heteroatoms. The molecule has 150 valence electrons. The smallest absolute Gasteiger partial charge is 0.219 e. The lowest BCUT2D eigenvalue weighted by atomic mass is 10.2. The minimum absolute atomic E-state index is 0.179. The van der Waals surface area contributed by atoms with E-state index in [1.807, 2.05) is 4.90 Å². The molecule has 0 aliphatic rings. The van der Waals surface area contributed by atoms with Crippen LogP contribution in [-0.2, 0) is 4.79 Å². The van der Waals surface area contributed by atoms with Gasteiger partial charge in [0.15, 0.2) is 0 Å². The number of nitrogens with zero attached hydrogens (tertiary/aromatic N) is 1. The lowest BCUT2D eigenvalue weighted by molar-refractivity contribution is -0.129. The average molecular weight is 359 g/mol. The number of nitrogens with one attached hydrogen (secondary N) is 3. The van der Waals surface area contributed by atoms with Crippen molar-refractivity contribution < 1.29 is 4.79 Å². The van der Waals surface area contributed by atoms with Crippen LogP contribution in [0.15, 0.2) is 0 Å². The van der Waals surface area contributed by atoms with Crippen LogP contribution in [0, 0.1) is 0 Å². The highest BCUT2D eigenvalue weighted by molar-refractivity contribution is 5.73. The Hall–Kier alpha value is -0.730. The molecular formula is C18H42N6O. The number of carbonyl (C=O) groups excluding carboxylic acids is 1. The third-order valence-electron chi connectivity index (χ3n) is 4.08. The zero-order valence-corrected chi connectivity index (χ0v) is 16.3. The molecule has 0 radical (unpaired) electrons. The predicted molar refractivity (Wildman–Crippen MR) is 107 cm³/mol. The molecule has 0 fully saturated rings. The molecule has 25 heavy (non-hydrogen) atoms. The van der Waals surface area contributed by atoms with E-state index in [4.69, 9.17) is 11.5 Å². The van der Waals surface area contributed by atoms with Crippen LogP contribution in [-0.4, -0.2) is 76.3 Å². The maximum absolute atomic E-state index is 11.7. The van der Waals surface area contributed by atoms with Gasteiger partial charge in [-0.3, -0.25) is 4.79 Å². The highest BCUT2D eigenvalue weighted by Gasteiger charge is 2.07. The summed E-state index contributed by atoms with van der Waals surface area (Å²) in [6, 6.07) is 0. The summed E-state index contributed by atoms with van der Waals surface area (Å²) in [7, 11) is 0. The molecule has 0 aliphatic heterocycles. The van der Waals surface area contributed by atoms with Gasteiger partial charge in [-0.05, 0) is 90.9 Å². The Morgan fingerprint density at radius 1 is 0.680 bits per heavy atom. The van der Waals surface area contributed by atoms with Crippen molar-refractivity contribution >= 4 is 5.91 Å². The van der Waals surface area contributed by atoms with Crippen LogP contribution < -0.4 is 27.4 Å². The Morgan fingerprint density at radius 3 is 1.64 bits per heavy atom. The maximum atomic E-state index is 11.7. The van der Waals surface area contributed by atoms with E-state index in [1.54, 1.807) is 6.92 Å². The second-order valence-corrected chi connectivity index (χ2v) is 6.45. The van der Waals surface area contributed by atoms with Crippen LogP contribution in [0.25, 0.3) is 0 Å². The molecule has 1 amide bonds. The summed E-state index contributed by atoms with van der Waals surface area (Å²) in [5.74, 6) is 0.179. The Balaban J connectivity index is 3.44. The van der Waals surface area contributed by atoms with E-state index in [0.717, 1.165) is 104 Å². The van der Waals surface area contributed by atoms with Crippen LogP contribution in [0.3, 0.4) is 0 Å². The molecule has 0 bridgehead atoms. The molecule has 0 aliphatic carbocycles. The SMILES string of the molecule is CC(=O)N(CCCCNCCCNCCCN)CCCNCCCN. The minimum atomic E-state index is 0.179. The summed E-state index contributed by atoms with van der Waals surface area (Å²) in [6.07, 6.45) is 6.36. The standard InChI is InChI=1S/C18H42N6O/c1-18(25)24(17-7-15-23-12-5-9-20)16-3-2-10-21-13-6-14-22-11-4-8-19/h21-23H,2-17,19-20H2,1H3. The van der Waals surface area contributed by atoms with Gasteiger partial charge in [-0.2, -0.15) is 0 Å². The molecular weight excluding hydrogens is 316 g/mol. The van der Waals surface area contributed by atoms with Crippen LogP contribution in [0.5, 0.6) is 0 Å². The van der Waals surface area contributed by atoms with Gasteiger partial charge in [0.1, 0.15) is 0 Å². The monoisotopic (exact) mass is 358 g/mol. The van der Waals surface area contributed by atoms with Crippen LogP contribution in [0.2, 0.25) is 0 Å². The summed E-state index contributed by atoms with van der Waals surface area (Å²) >= 11 is 0. The highest BCUT2D eigenvalue weighted by Crippen LogP contribution is 1.98. The number of nitrogens with two attached hydrogens (primary N) is 2. The van der Waals surface area contributed by atoms with Gasteiger partial charge in [0.2, 0.25) is 5.91 Å². The van der Waals surface area contributed by atoms with E-state index in [-0.39, 0.29) is 5.91 Å². The third-order valence-corrected chi connectivity index (χ3v) is 4.08. The number of hydrogen-bond acceptors (Lipinski definition) is 6. The lowest BCUT2D eigenvalue weighted by Gasteiger charge is -2.21. The summed E-state index contributed by atoms with van der Waals surface area (Å²) in [4.78, 5) is 13.6. The van der Waals surface area contributed by atoms with Gasteiger partial charge in [-0.1, -0.05) is 0 Å². The highest BCUT2D eigenvalue weighted by atomic mass is 16.2. The van der Waals surface area contributed by atoms with E-state index in [0.29, 0.717) is 0 Å². The molecule has 0 aromatic carbocycles. The van der Waals surface area contributed by atoms with Gasteiger partial charge in [-0.25, -0.2) is 0 Å². The van der Waals surface area contributed by atoms with Crippen molar-refractivity contribution in [2.24, 2.45) is 11.5 Å². The van der Waals surface area contributed by atoms with Crippen LogP contribution in [0.4, 0.5) is 0 Å². The second kappa shape index (κ2) is 19.6. The van der Waals surface area contributed by atoms with Crippen LogP contribution >= 0.6 is 0 Å². The first kappa shape index (κ1) is 24.3. The van der Waals surface area contributed by atoms with Crippen molar-refractivity contribution in [3.05, 3.63) is 0 Å². The molecule has 0 rings (SSSR count). The first-order valence-corrected chi connectivity index (χ1v) is 10.00. The average Bonchev–Trinajstić information content (AvgIpc) is 2.60. The van der Waals surface area contributed by atoms with Gasteiger partial charge in [0.25, 0.3) is 0 Å². The molecule has 0 saturated carbocycles. The van der Waals surface area contributed by atoms with Crippen molar-refractivity contribution in [3.8, 4) is 0 Å². The predicted octanol–water partition coefficient (Wildman–Crippen LogP) is -0.138. The summed E-state index contributed by atoms with van der Waals surface area (Å²) < 4.78 is 0. The molecule has 0 saturated heterocycles. The quantitative estimate of drug-likeness (QED) is 0.206. The zero-order chi connectivity index (χ0) is 18.6. The summed E-state index contributed by atoms with van der Waals surface area (Å²) in [6.45, 7) is 10.9. The molecule has 0 aromatic heterocycles. The molecule has 0 spiro atoms. The maximum Gasteiger partial charge on any atom is 0.219 e. The van der Waals surface area contributed by atoms with Gasteiger partial charge >= 0.3 is 0 Å². The van der Waals surface area contributed by atoms with Gasteiger partial charge in [-0.15, -0.1) is 0 Å². The van der Waals surface area contributed by atoms with Crippen molar-refractivity contribution in [1.29, 1.82) is 0 Å². The summed E-state index contributed by atoms with van der Waals surface area (Å²) in [5.41, 5.74) is 10.9. The molecule has 7 N–H and O–H groups in total.